The number of aryl methyl sites for hydroxylation is 1. The van der Waals surface area contributed by atoms with Crippen LogP contribution >= 0.6 is 11.6 Å². The van der Waals surface area contributed by atoms with Gasteiger partial charge >= 0.3 is 6.18 Å². The van der Waals surface area contributed by atoms with Gasteiger partial charge in [0.15, 0.2) is 0 Å². The number of benzene rings is 3. The summed E-state index contributed by atoms with van der Waals surface area (Å²) in [6.45, 7) is 0.195. The van der Waals surface area contributed by atoms with Crippen LogP contribution in [0.3, 0.4) is 0 Å². The van der Waals surface area contributed by atoms with Gasteiger partial charge in [-0.15, -0.1) is 0 Å². The summed E-state index contributed by atoms with van der Waals surface area (Å²) >= 11 is 5.95. The van der Waals surface area contributed by atoms with E-state index >= 15 is 0 Å². The highest BCUT2D eigenvalue weighted by Gasteiger charge is 2.35. The van der Waals surface area contributed by atoms with E-state index in [2.05, 4.69) is 10.1 Å². The number of aromatic nitrogens is 2. The summed E-state index contributed by atoms with van der Waals surface area (Å²) in [5.74, 6) is 0.120. The molecular formula is C26H21ClF3N3O2. The van der Waals surface area contributed by atoms with Crippen LogP contribution in [0.5, 0.6) is 11.5 Å². The molecule has 0 saturated heterocycles. The second-order valence-corrected chi connectivity index (χ2v) is 8.24. The number of aliphatic imine (C=N–C) groups is 1. The van der Waals surface area contributed by atoms with Crippen LogP contribution in [0.2, 0.25) is 5.02 Å². The molecule has 5 nitrogen and oxygen atoms in total. The molecule has 35 heavy (non-hydrogen) atoms. The van der Waals surface area contributed by atoms with Crippen molar-refractivity contribution in [1.82, 2.24) is 9.78 Å². The molecule has 0 aliphatic rings. The van der Waals surface area contributed by atoms with Gasteiger partial charge in [0.1, 0.15) is 23.8 Å². The molecule has 1 aromatic heterocycles. The molecule has 1 N–H and O–H groups in total. The monoisotopic (exact) mass is 499 g/mol. The number of nitrogens with zero attached hydrogens (tertiary/aromatic N) is 3. The molecule has 0 aliphatic heterocycles. The van der Waals surface area contributed by atoms with Crippen molar-refractivity contribution in [3.05, 3.63) is 88.6 Å². The lowest BCUT2D eigenvalue weighted by Gasteiger charge is -2.16. The molecule has 0 spiro atoms. The zero-order valence-corrected chi connectivity index (χ0v) is 19.6. The van der Waals surface area contributed by atoms with Crippen molar-refractivity contribution in [1.29, 1.82) is 0 Å². The van der Waals surface area contributed by atoms with Crippen LogP contribution < -0.4 is 4.74 Å². The van der Waals surface area contributed by atoms with E-state index < -0.39 is 11.9 Å². The van der Waals surface area contributed by atoms with Crippen LogP contribution in [-0.4, -0.2) is 28.1 Å². The summed E-state index contributed by atoms with van der Waals surface area (Å²) < 4.78 is 46.8. The minimum atomic E-state index is -4.58. The number of rotatable bonds is 6. The Morgan fingerprint density at radius 3 is 2.49 bits per heavy atom. The van der Waals surface area contributed by atoms with Gasteiger partial charge < -0.3 is 9.84 Å². The summed E-state index contributed by atoms with van der Waals surface area (Å²) in [4.78, 5) is 4.02. The first kappa shape index (κ1) is 24.3. The molecule has 0 bridgehead atoms. The first-order valence-electron chi connectivity index (χ1n) is 10.5. The molecule has 3 aromatic carbocycles. The quantitative estimate of drug-likeness (QED) is 0.298. The number of phenols is 1. The second kappa shape index (κ2) is 9.84. The third-order valence-corrected chi connectivity index (χ3v) is 5.60. The first-order valence-corrected chi connectivity index (χ1v) is 10.9. The fourth-order valence-electron chi connectivity index (χ4n) is 3.71. The van der Waals surface area contributed by atoms with Gasteiger partial charge in [-0.25, -0.2) is 0 Å². The average molecular weight is 500 g/mol. The van der Waals surface area contributed by atoms with E-state index in [-0.39, 0.29) is 23.6 Å². The summed E-state index contributed by atoms with van der Waals surface area (Å²) in [5, 5.41) is 15.9. The Balaban J connectivity index is 1.82. The van der Waals surface area contributed by atoms with E-state index in [0.717, 1.165) is 21.9 Å². The lowest BCUT2D eigenvalue weighted by molar-refractivity contribution is -0.143. The number of hydrogen-bond donors (Lipinski definition) is 1. The van der Waals surface area contributed by atoms with E-state index in [1.54, 1.807) is 49.7 Å². The maximum absolute atomic E-state index is 13.3. The zero-order chi connectivity index (χ0) is 25.2. The maximum atomic E-state index is 13.3. The molecule has 0 atom stereocenters. The van der Waals surface area contributed by atoms with Crippen molar-refractivity contribution in [3.8, 4) is 33.9 Å². The second-order valence-electron chi connectivity index (χ2n) is 7.80. The van der Waals surface area contributed by atoms with Gasteiger partial charge in [0, 0.05) is 30.9 Å². The van der Waals surface area contributed by atoms with Crippen molar-refractivity contribution in [2.24, 2.45) is 12.0 Å². The van der Waals surface area contributed by atoms with Gasteiger partial charge in [0.05, 0.1) is 11.3 Å². The molecular weight excluding hydrogens is 479 g/mol. The van der Waals surface area contributed by atoms with E-state index in [4.69, 9.17) is 16.3 Å². The highest BCUT2D eigenvalue weighted by Crippen LogP contribution is 2.45. The van der Waals surface area contributed by atoms with Crippen molar-refractivity contribution in [2.45, 2.75) is 12.8 Å². The minimum absolute atomic E-state index is 0.00546. The predicted molar refractivity (Wildman–Crippen MR) is 130 cm³/mol. The predicted octanol–water partition coefficient (Wildman–Crippen LogP) is 6.76. The highest BCUT2D eigenvalue weighted by molar-refractivity contribution is 6.30. The van der Waals surface area contributed by atoms with Gasteiger partial charge in [-0.05, 0) is 53.1 Å². The molecule has 180 valence electrons. The van der Waals surface area contributed by atoms with E-state index in [9.17, 15) is 18.3 Å². The fourth-order valence-corrected chi connectivity index (χ4v) is 3.83. The number of aromatic hydroxyl groups is 1. The Hall–Kier alpha value is -3.78. The molecule has 4 aromatic rings. The smallest absolute Gasteiger partial charge is 0.433 e. The largest absolute Gasteiger partial charge is 0.506 e. The SMILES string of the molecule is CN=Cc1cccc(-c2c(OCc3ccc(Cl)cc3)ccc(-c3cc(C(F)(F)F)n(C)n3)c2O)c1. The van der Waals surface area contributed by atoms with Crippen LogP contribution in [0.25, 0.3) is 22.4 Å². The summed E-state index contributed by atoms with van der Waals surface area (Å²) in [7, 11) is 2.85. The normalized spacial score (nSPS) is 11.8. The maximum Gasteiger partial charge on any atom is 0.433 e. The van der Waals surface area contributed by atoms with E-state index in [1.165, 1.54) is 13.1 Å². The van der Waals surface area contributed by atoms with Crippen LogP contribution in [0.15, 0.2) is 71.7 Å². The Kier molecular flexibility index (Phi) is 6.84. The highest BCUT2D eigenvalue weighted by atomic mass is 35.5. The lowest BCUT2D eigenvalue weighted by atomic mass is 9.97. The average Bonchev–Trinajstić information content (AvgIpc) is 3.21. The summed E-state index contributed by atoms with van der Waals surface area (Å²) in [6, 6.07) is 18.4. The number of ether oxygens (including phenoxy) is 1. The van der Waals surface area contributed by atoms with Gasteiger partial charge in [-0.3, -0.25) is 9.67 Å². The van der Waals surface area contributed by atoms with Crippen molar-refractivity contribution in [2.75, 3.05) is 7.05 Å². The molecule has 0 fully saturated rings. The van der Waals surface area contributed by atoms with Gasteiger partial charge in [-0.2, -0.15) is 18.3 Å². The zero-order valence-electron chi connectivity index (χ0n) is 18.8. The van der Waals surface area contributed by atoms with Crippen molar-refractivity contribution >= 4 is 17.8 Å². The van der Waals surface area contributed by atoms with Crippen molar-refractivity contribution in [3.63, 3.8) is 0 Å². The van der Waals surface area contributed by atoms with Gasteiger partial charge in [-0.1, -0.05) is 41.9 Å². The van der Waals surface area contributed by atoms with Crippen LogP contribution in [0.1, 0.15) is 16.8 Å². The summed E-state index contributed by atoms with van der Waals surface area (Å²) in [5.41, 5.74) is 1.82. The number of halogens is 4. The lowest BCUT2D eigenvalue weighted by Crippen LogP contribution is -2.11. The molecule has 0 saturated carbocycles. The Labute approximate surface area is 205 Å². The van der Waals surface area contributed by atoms with Crippen molar-refractivity contribution < 1.29 is 23.0 Å². The Morgan fingerprint density at radius 2 is 1.83 bits per heavy atom. The Morgan fingerprint density at radius 1 is 1.09 bits per heavy atom. The number of alkyl halides is 3. The minimum Gasteiger partial charge on any atom is -0.506 e. The Bertz CT molecular complexity index is 1380. The summed E-state index contributed by atoms with van der Waals surface area (Å²) in [6.07, 6.45) is -2.92. The molecule has 0 amide bonds. The number of hydrogen-bond acceptors (Lipinski definition) is 4. The molecule has 1 heterocycles. The van der Waals surface area contributed by atoms with E-state index in [1.807, 2.05) is 18.2 Å². The topological polar surface area (TPSA) is 59.6 Å². The standard InChI is InChI=1S/C26H21ClF3N3O2/c1-31-14-17-4-3-5-18(12-17)24-22(35-15-16-6-8-19(27)9-7-16)11-10-20(25(24)34)21-13-23(26(28,29)30)33(2)32-21/h3-14,34H,15H2,1-2H3. The van der Waals surface area contributed by atoms with E-state index in [0.29, 0.717) is 21.9 Å². The third kappa shape index (κ3) is 5.33. The molecule has 0 radical (unpaired) electrons. The fraction of sp³-hybridized carbons (Fsp3) is 0.154. The van der Waals surface area contributed by atoms with Crippen LogP contribution in [0.4, 0.5) is 13.2 Å². The van der Waals surface area contributed by atoms with Crippen LogP contribution in [0, 0.1) is 0 Å². The van der Waals surface area contributed by atoms with Gasteiger partial charge in [0.25, 0.3) is 0 Å². The third-order valence-electron chi connectivity index (χ3n) is 5.35. The molecule has 9 heteroatoms. The molecule has 4 rings (SSSR count). The number of phenolic OH excluding ortho intramolecular Hbond substituents is 1. The van der Waals surface area contributed by atoms with Gasteiger partial charge in [0.2, 0.25) is 0 Å². The molecule has 0 unspecified atom stereocenters. The first-order chi connectivity index (χ1) is 16.7. The van der Waals surface area contributed by atoms with Crippen LogP contribution in [-0.2, 0) is 19.8 Å². The molecule has 0 aliphatic carbocycles.